The fraction of sp³-hybridized carbons (Fsp3) is 0.462. The van der Waals surface area contributed by atoms with Crippen LogP contribution < -0.4 is 9.47 Å². The van der Waals surface area contributed by atoms with E-state index in [1.807, 2.05) is 6.92 Å². The zero-order chi connectivity index (χ0) is 12.3. The van der Waals surface area contributed by atoms with Gasteiger partial charge in [0.25, 0.3) is 0 Å². The smallest absolute Gasteiger partial charge is 0.197 e. The lowest BCUT2D eigenvalue weighted by molar-refractivity contribution is -0.108. The van der Waals surface area contributed by atoms with E-state index >= 15 is 0 Å². The Kier molecular flexibility index (Phi) is 3.61. The molecule has 1 atom stereocenters. The number of aldehydes is 1. The van der Waals surface area contributed by atoms with Crippen LogP contribution in [0.15, 0.2) is 12.1 Å². The molecule has 0 saturated carbocycles. The molecule has 0 amide bonds. The van der Waals surface area contributed by atoms with Crippen molar-refractivity contribution in [2.24, 2.45) is 0 Å². The summed E-state index contributed by atoms with van der Waals surface area (Å²) in [5, 5.41) is 0. The Labute approximate surface area is 99.5 Å². The molecule has 0 N–H and O–H groups in total. The summed E-state index contributed by atoms with van der Waals surface area (Å²) in [6, 6.07) is 3.03. The second-order valence-electron chi connectivity index (χ2n) is 4.15. The van der Waals surface area contributed by atoms with E-state index < -0.39 is 5.82 Å². The molecule has 1 aliphatic heterocycles. The summed E-state index contributed by atoms with van der Waals surface area (Å²) in [6.45, 7) is 2.88. The van der Waals surface area contributed by atoms with Gasteiger partial charge in [-0.2, -0.15) is 0 Å². The van der Waals surface area contributed by atoms with Gasteiger partial charge in [-0.05, 0) is 12.0 Å². The SMILES string of the molecule is CC(CC=O)c1ccc(F)c2c1OCCCO2. The lowest BCUT2D eigenvalue weighted by Gasteiger charge is -2.16. The molecule has 1 aromatic rings. The number of ether oxygens (including phenoxy) is 2. The number of fused-ring (bicyclic) bond motifs is 1. The van der Waals surface area contributed by atoms with Crippen LogP contribution in [0.5, 0.6) is 11.5 Å². The quantitative estimate of drug-likeness (QED) is 0.759. The first-order chi connectivity index (χ1) is 8.24. The third kappa shape index (κ3) is 2.40. The van der Waals surface area contributed by atoms with E-state index in [9.17, 15) is 9.18 Å². The topological polar surface area (TPSA) is 35.5 Å². The van der Waals surface area contributed by atoms with Crippen LogP contribution in [-0.4, -0.2) is 19.5 Å². The summed E-state index contributed by atoms with van der Waals surface area (Å²) < 4.78 is 24.5. The maximum Gasteiger partial charge on any atom is 0.197 e. The maximum absolute atomic E-state index is 13.6. The highest BCUT2D eigenvalue weighted by molar-refractivity contribution is 5.55. The molecule has 0 spiro atoms. The lowest BCUT2D eigenvalue weighted by Crippen LogP contribution is -2.02. The minimum absolute atomic E-state index is 0.00329. The number of carbonyl (C=O) groups excluding carboxylic acids is 1. The lowest BCUT2D eigenvalue weighted by atomic mass is 9.97. The minimum Gasteiger partial charge on any atom is -0.489 e. The van der Waals surface area contributed by atoms with E-state index in [4.69, 9.17) is 9.47 Å². The number of carbonyl (C=O) groups is 1. The Hall–Kier alpha value is -1.58. The summed E-state index contributed by atoms with van der Waals surface area (Å²) >= 11 is 0. The molecule has 1 aromatic carbocycles. The maximum atomic E-state index is 13.6. The van der Waals surface area contributed by atoms with Gasteiger partial charge in [-0.3, -0.25) is 0 Å². The van der Waals surface area contributed by atoms with Gasteiger partial charge in [0.2, 0.25) is 0 Å². The van der Waals surface area contributed by atoms with E-state index in [1.54, 1.807) is 6.07 Å². The average molecular weight is 238 g/mol. The monoisotopic (exact) mass is 238 g/mol. The van der Waals surface area contributed by atoms with Crippen molar-refractivity contribution in [3.05, 3.63) is 23.5 Å². The average Bonchev–Trinajstić information content (AvgIpc) is 2.56. The molecule has 0 aromatic heterocycles. The highest BCUT2D eigenvalue weighted by atomic mass is 19.1. The number of rotatable bonds is 3. The Morgan fingerprint density at radius 2 is 2.06 bits per heavy atom. The van der Waals surface area contributed by atoms with Crippen LogP contribution in [0.2, 0.25) is 0 Å². The molecule has 3 nitrogen and oxygen atoms in total. The molecule has 1 heterocycles. The van der Waals surface area contributed by atoms with Crippen molar-refractivity contribution >= 4 is 6.29 Å². The molecular weight excluding hydrogens is 223 g/mol. The number of hydrogen-bond acceptors (Lipinski definition) is 3. The molecule has 1 aliphatic rings. The number of halogens is 1. The van der Waals surface area contributed by atoms with Gasteiger partial charge in [0.15, 0.2) is 17.3 Å². The molecule has 2 rings (SSSR count). The summed E-state index contributed by atoms with van der Waals surface area (Å²) in [7, 11) is 0. The first kappa shape index (κ1) is 11.9. The van der Waals surface area contributed by atoms with E-state index in [0.717, 1.165) is 18.3 Å². The normalized spacial score (nSPS) is 16.1. The second-order valence-corrected chi connectivity index (χ2v) is 4.15. The van der Waals surface area contributed by atoms with Crippen LogP contribution in [0.4, 0.5) is 4.39 Å². The fourth-order valence-electron chi connectivity index (χ4n) is 1.90. The Morgan fingerprint density at radius 1 is 1.35 bits per heavy atom. The summed E-state index contributed by atoms with van der Waals surface area (Å²) in [5.74, 6) is 0.224. The predicted octanol–water partition coefficient (Wildman–Crippen LogP) is 2.68. The van der Waals surface area contributed by atoms with Gasteiger partial charge in [0, 0.05) is 18.4 Å². The molecular formula is C13H15FO3. The van der Waals surface area contributed by atoms with Gasteiger partial charge < -0.3 is 14.3 Å². The van der Waals surface area contributed by atoms with Crippen molar-refractivity contribution in [3.63, 3.8) is 0 Å². The zero-order valence-electron chi connectivity index (χ0n) is 9.74. The highest BCUT2D eigenvalue weighted by Crippen LogP contribution is 2.39. The van der Waals surface area contributed by atoms with Crippen molar-refractivity contribution in [3.8, 4) is 11.5 Å². The first-order valence-corrected chi connectivity index (χ1v) is 5.75. The van der Waals surface area contributed by atoms with Gasteiger partial charge in [-0.25, -0.2) is 4.39 Å². The van der Waals surface area contributed by atoms with Crippen LogP contribution in [-0.2, 0) is 4.79 Å². The van der Waals surface area contributed by atoms with Crippen molar-refractivity contribution < 1.29 is 18.7 Å². The number of benzene rings is 1. The fourth-order valence-corrected chi connectivity index (χ4v) is 1.90. The first-order valence-electron chi connectivity index (χ1n) is 5.75. The van der Waals surface area contributed by atoms with E-state index in [0.29, 0.717) is 25.4 Å². The summed E-state index contributed by atoms with van der Waals surface area (Å²) in [5.41, 5.74) is 0.829. The van der Waals surface area contributed by atoms with E-state index in [-0.39, 0.29) is 11.7 Å². The Bertz CT molecular complexity index is 417. The highest BCUT2D eigenvalue weighted by Gasteiger charge is 2.21. The van der Waals surface area contributed by atoms with E-state index in [2.05, 4.69) is 0 Å². The van der Waals surface area contributed by atoms with Crippen molar-refractivity contribution in [1.29, 1.82) is 0 Å². The minimum atomic E-state index is -0.413. The van der Waals surface area contributed by atoms with Crippen LogP contribution in [0.25, 0.3) is 0 Å². The predicted molar refractivity (Wildman–Crippen MR) is 61.1 cm³/mol. The molecule has 1 unspecified atom stereocenters. The van der Waals surface area contributed by atoms with Crippen molar-refractivity contribution in [2.45, 2.75) is 25.7 Å². The summed E-state index contributed by atoms with van der Waals surface area (Å²) in [4.78, 5) is 10.5. The molecule has 0 radical (unpaired) electrons. The third-order valence-corrected chi connectivity index (χ3v) is 2.86. The van der Waals surface area contributed by atoms with E-state index in [1.165, 1.54) is 6.07 Å². The molecule has 0 aliphatic carbocycles. The Morgan fingerprint density at radius 3 is 2.76 bits per heavy atom. The molecule has 92 valence electrons. The van der Waals surface area contributed by atoms with Gasteiger partial charge in [0.05, 0.1) is 13.2 Å². The number of hydrogen-bond donors (Lipinski definition) is 0. The van der Waals surface area contributed by atoms with Gasteiger partial charge >= 0.3 is 0 Å². The van der Waals surface area contributed by atoms with Crippen molar-refractivity contribution in [2.75, 3.05) is 13.2 Å². The molecule has 0 fully saturated rings. The molecule has 0 bridgehead atoms. The van der Waals surface area contributed by atoms with Crippen LogP contribution >= 0.6 is 0 Å². The van der Waals surface area contributed by atoms with Gasteiger partial charge in [0.1, 0.15) is 6.29 Å². The second kappa shape index (κ2) is 5.17. The van der Waals surface area contributed by atoms with Crippen molar-refractivity contribution in [1.82, 2.24) is 0 Å². The van der Waals surface area contributed by atoms with Crippen LogP contribution in [0, 0.1) is 5.82 Å². The summed E-state index contributed by atoms with van der Waals surface area (Å²) in [6.07, 6.45) is 1.98. The molecule has 0 saturated heterocycles. The standard InChI is InChI=1S/C13H15FO3/c1-9(5-6-15)10-3-4-11(14)13-12(10)16-7-2-8-17-13/h3-4,6,9H,2,5,7-8H2,1H3. The molecule has 4 heteroatoms. The molecule has 17 heavy (non-hydrogen) atoms. The third-order valence-electron chi connectivity index (χ3n) is 2.86. The Balaban J connectivity index is 2.42. The zero-order valence-corrected chi connectivity index (χ0v) is 9.74. The van der Waals surface area contributed by atoms with Gasteiger partial charge in [-0.1, -0.05) is 13.0 Å². The van der Waals surface area contributed by atoms with Crippen LogP contribution in [0.3, 0.4) is 0 Å². The van der Waals surface area contributed by atoms with Crippen LogP contribution in [0.1, 0.15) is 31.2 Å². The largest absolute Gasteiger partial charge is 0.489 e. The van der Waals surface area contributed by atoms with Gasteiger partial charge in [-0.15, -0.1) is 0 Å².